The van der Waals surface area contributed by atoms with Crippen LogP contribution in [0.15, 0.2) is 16.7 Å². The van der Waals surface area contributed by atoms with Crippen molar-refractivity contribution >= 4 is 21.7 Å². The fraction of sp³-hybridized carbons (Fsp3) is 0.545. The number of nitrogens with zero attached hydrogens (tertiary/aromatic N) is 2. The highest BCUT2D eigenvalue weighted by molar-refractivity contribution is 9.10. The zero-order valence-corrected chi connectivity index (χ0v) is 10.9. The second-order valence-electron chi connectivity index (χ2n) is 3.95. The summed E-state index contributed by atoms with van der Waals surface area (Å²) in [6.07, 6.45) is 1.84. The molecule has 0 spiro atoms. The molecular formula is C11H16BrN3O. The third-order valence-electron chi connectivity index (χ3n) is 2.83. The van der Waals surface area contributed by atoms with E-state index in [1.54, 1.807) is 0 Å². The van der Waals surface area contributed by atoms with Gasteiger partial charge in [-0.2, -0.15) is 0 Å². The van der Waals surface area contributed by atoms with Gasteiger partial charge in [0.15, 0.2) is 0 Å². The molecule has 16 heavy (non-hydrogen) atoms. The van der Waals surface area contributed by atoms with Crippen molar-refractivity contribution in [3.63, 3.8) is 0 Å². The molecule has 5 heteroatoms. The number of pyridine rings is 1. The van der Waals surface area contributed by atoms with Gasteiger partial charge in [0.2, 0.25) is 0 Å². The normalized spacial score (nSPS) is 21.2. The van der Waals surface area contributed by atoms with Gasteiger partial charge in [0.25, 0.3) is 0 Å². The molecule has 0 bridgehead atoms. The van der Waals surface area contributed by atoms with Gasteiger partial charge in [-0.15, -0.1) is 0 Å². The number of aryl methyl sites for hydroxylation is 1. The number of ether oxygens (including phenoxy) is 1. The van der Waals surface area contributed by atoms with E-state index in [0.717, 1.165) is 23.4 Å². The molecule has 1 aromatic heterocycles. The van der Waals surface area contributed by atoms with E-state index in [9.17, 15) is 0 Å². The van der Waals surface area contributed by atoms with Crippen LogP contribution in [0.25, 0.3) is 0 Å². The van der Waals surface area contributed by atoms with Crippen LogP contribution < -0.4 is 10.6 Å². The summed E-state index contributed by atoms with van der Waals surface area (Å²) in [6.45, 7) is 4.94. The maximum Gasteiger partial charge on any atom is 0.129 e. The number of halogens is 1. The van der Waals surface area contributed by atoms with E-state index in [1.165, 1.54) is 5.56 Å². The summed E-state index contributed by atoms with van der Waals surface area (Å²) in [5.74, 6) is 0.986. The van der Waals surface area contributed by atoms with Gasteiger partial charge in [-0.3, -0.25) is 0 Å². The smallest absolute Gasteiger partial charge is 0.129 e. The first-order valence-electron chi connectivity index (χ1n) is 5.39. The molecule has 88 valence electrons. The quantitative estimate of drug-likeness (QED) is 0.891. The number of hydrogen-bond acceptors (Lipinski definition) is 4. The molecule has 0 saturated carbocycles. The number of hydrogen-bond donors (Lipinski definition) is 1. The van der Waals surface area contributed by atoms with E-state index in [0.29, 0.717) is 13.2 Å². The van der Waals surface area contributed by atoms with Crippen molar-refractivity contribution in [3.05, 3.63) is 22.3 Å². The zero-order valence-electron chi connectivity index (χ0n) is 9.32. The van der Waals surface area contributed by atoms with Gasteiger partial charge < -0.3 is 15.4 Å². The third-order valence-corrected chi connectivity index (χ3v) is 3.66. The van der Waals surface area contributed by atoms with Crippen LogP contribution in [0.2, 0.25) is 0 Å². The van der Waals surface area contributed by atoms with E-state index in [2.05, 4.69) is 38.8 Å². The molecule has 1 saturated heterocycles. The molecule has 4 nitrogen and oxygen atoms in total. The van der Waals surface area contributed by atoms with Gasteiger partial charge in [-0.05, 0) is 34.5 Å². The maximum absolute atomic E-state index is 5.74. The highest BCUT2D eigenvalue weighted by atomic mass is 79.9. The van der Waals surface area contributed by atoms with Crippen LogP contribution in [0.3, 0.4) is 0 Å². The Balaban J connectivity index is 2.23. The summed E-state index contributed by atoms with van der Waals surface area (Å²) in [7, 11) is 0. The minimum absolute atomic E-state index is 0.238. The molecule has 2 heterocycles. The summed E-state index contributed by atoms with van der Waals surface area (Å²) in [5, 5.41) is 0. The lowest BCUT2D eigenvalue weighted by atomic mass is 10.2. The van der Waals surface area contributed by atoms with Crippen LogP contribution in [-0.2, 0) is 4.74 Å². The van der Waals surface area contributed by atoms with Crippen molar-refractivity contribution in [1.82, 2.24) is 4.98 Å². The second kappa shape index (κ2) is 5.12. The Morgan fingerprint density at radius 1 is 1.69 bits per heavy atom. The van der Waals surface area contributed by atoms with E-state index in [-0.39, 0.29) is 6.04 Å². The average Bonchev–Trinajstić information content (AvgIpc) is 2.32. The molecule has 0 aliphatic carbocycles. The number of nitrogens with two attached hydrogens (primary N) is 1. The first-order chi connectivity index (χ1) is 7.72. The number of anilines is 1. The lowest BCUT2D eigenvalue weighted by molar-refractivity contribution is 0.0958. The van der Waals surface area contributed by atoms with Gasteiger partial charge in [0, 0.05) is 23.8 Å². The lowest BCUT2D eigenvalue weighted by Gasteiger charge is -2.35. The topological polar surface area (TPSA) is 51.4 Å². The lowest BCUT2D eigenvalue weighted by Crippen LogP contribution is -2.49. The molecule has 0 aromatic carbocycles. The Kier molecular flexibility index (Phi) is 3.78. The fourth-order valence-electron chi connectivity index (χ4n) is 1.83. The monoisotopic (exact) mass is 285 g/mol. The highest BCUT2D eigenvalue weighted by Crippen LogP contribution is 2.22. The maximum atomic E-state index is 5.74. The minimum Gasteiger partial charge on any atom is -0.377 e. The molecule has 0 radical (unpaired) electrons. The van der Waals surface area contributed by atoms with Gasteiger partial charge in [-0.1, -0.05) is 0 Å². The zero-order chi connectivity index (χ0) is 11.5. The largest absolute Gasteiger partial charge is 0.377 e. The van der Waals surface area contributed by atoms with E-state index < -0.39 is 0 Å². The van der Waals surface area contributed by atoms with Crippen LogP contribution in [0.5, 0.6) is 0 Å². The van der Waals surface area contributed by atoms with Crippen LogP contribution in [0.4, 0.5) is 5.82 Å². The van der Waals surface area contributed by atoms with Crippen molar-refractivity contribution in [1.29, 1.82) is 0 Å². The molecule has 0 amide bonds. The van der Waals surface area contributed by atoms with Gasteiger partial charge in [-0.25, -0.2) is 4.98 Å². The van der Waals surface area contributed by atoms with Crippen molar-refractivity contribution in [2.24, 2.45) is 5.73 Å². The molecule has 1 atom stereocenters. The van der Waals surface area contributed by atoms with Gasteiger partial charge in [0.05, 0.1) is 19.3 Å². The summed E-state index contributed by atoms with van der Waals surface area (Å²) >= 11 is 3.46. The molecule has 2 rings (SSSR count). The highest BCUT2D eigenvalue weighted by Gasteiger charge is 2.22. The minimum atomic E-state index is 0.238. The predicted molar refractivity (Wildman–Crippen MR) is 67.7 cm³/mol. The fourth-order valence-corrected chi connectivity index (χ4v) is 2.05. The van der Waals surface area contributed by atoms with Crippen molar-refractivity contribution in [2.45, 2.75) is 13.0 Å². The molecule has 1 aromatic rings. The summed E-state index contributed by atoms with van der Waals surface area (Å²) in [4.78, 5) is 6.65. The Morgan fingerprint density at radius 3 is 3.19 bits per heavy atom. The second-order valence-corrected chi connectivity index (χ2v) is 4.80. The number of rotatable bonds is 2. The average molecular weight is 286 g/mol. The van der Waals surface area contributed by atoms with E-state index in [1.807, 2.05) is 6.20 Å². The van der Waals surface area contributed by atoms with E-state index >= 15 is 0 Å². The standard InChI is InChI=1S/C11H16BrN3O/c1-8-4-11(14-6-10(8)12)15-2-3-16-7-9(15)5-13/h4,6,9H,2-3,5,7,13H2,1H3. The first-order valence-corrected chi connectivity index (χ1v) is 6.18. The van der Waals surface area contributed by atoms with Gasteiger partial charge in [0.1, 0.15) is 5.82 Å². The molecule has 2 N–H and O–H groups in total. The number of aromatic nitrogens is 1. The number of morpholine rings is 1. The Morgan fingerprint density at radius 2 is 2.50 bits per heavy atom. The predicted octanol–water partition coefficient (Wildman–Crippen LogP) is 1.32. The van der Waals surface area contributed by atoms with Crippen LogP contribution in [0, 0.1) is 6.92 Å². The van der Waals surface area contributed by atoms with Crippen molar-refractivity contribution in [3.8, 4) is 0 Å². The van der Waals surface area contributed by atoms with Crippen LogP contribution in [0.1, 0.15) is 5.56 Å². The molecule has 1 aliphatic rings. The van der Waals surface area contributed by atoms with Crippen molar-refractivity contribution in [2.75, 3.05) is 31.2 Å². The SMILES string of the molecule is Cc1cc(N2CCOCC2CN)ncc1Br. The summed E-state index contributed by atoms with van der Waals surface area (Å²) in [5.41, 5.74) is 6.93. The van der Waals surface area contributed by atoms with Crippen LogP contribution in [-0.4, -0.2) is 37.3 Å². The Hall–Kier alpha value is -0.650. The molecule has 1 aliphatic heterocycles. The Labute approximate surface area is 104 Å². The Bertz CT molecular complexity index is 372. The van der Waals surface area contributed by atoms with Crippen LogP contribution >= 0.6 is 15.9 Å². The summed E-state index contributed by atoms with van der Waals surface area (Å²) < 4.78 is 6.46. The van der Waals surface area contributed by atoms with Crippen molar-refractivity contribution < 1.29 is 4.74 Å². The third kappa shape index (κ3) is 2.36. The molecular weight excluding hydrogens is 270 g/mol. The van der Waals surface area contributed by atoms with E-state index in [4.69, 9.17) is 10.5 Å². The van der Waals surface area contributed by atoms with Gasteiger partial charge >= 0.3 is 0 Å². The summed E-state index contributed by atoms with van der Waals surface area (Å²) in [6, 6.07) is 2.32. The first kappa shape index (κ1) is 11.8. The molecule has 1 unspecified atom stereocenters. The molecule has 1 fully saturated rings.